The van der Waals surface area contributed by atoms with Gasteiger partial charge in [-0.3, -0.25) is 4.98 Å². The highest BCUT2D eigenvalue weighted by molar-refractivity contribution is 9.10. The zero-order chi connectivity index (χ0) is 31.1. The molecule has 3 heterocycles. The molecule has 2 aromatic carbocycles. The number of carbonyl (C=O) groups is 2. The number of carbonyl (C=O) groups excluding carboxylic acids is 1. The van der Waals surface area contributed by atoms with Gasteiger partial charge in [-0.05, 0) is 58.1 Å². The van der Waals surface area contributed by atoms with Crippen LogP contribution in [0.4, 0.5) is 5.69 Å². The molecule has 4 aromatic rings. The van der Waals surface area contributed by atoms with E-state index < -0.39 is 28.6 Å². The molecule has 1 aliphatic heterocycles. The fraction of sp³-hybridized carbons (Fsp3) is 0.258. The summed E-state index contributed by atoms with van der Waals surface area (Å²) in [5.41, 5.74) is 3.09. The number of sulfonamides is 1. The lowest BCUT2D eigenvalue weighted by atomic mass is 10.1. The summed E-state index contributed by atoms with van der Waals surface area (Å²) in [7, 11) is -3.41. The monoisotopic (exact) mass is 699 g/mol. The number of benzene rings is 2. The number of carboxylic acid groups (broad SMARTS) is 1. The van der Waals surface area contributed by atoms with E-state index in [1.165, 1.54) is 0 Å². The molecule has 5 rings (SSSR count). The number of nitrogens with zero attached hydrogens (tertiary/aromatic N) is 2. The Labute approximate surface area is 267 Å². The molecule has 1 fully saturated rings. The maximum atomic E-state index is 13.1. The number of hydrogen-bond acceptors (Lipinski definition) is 9. The predicted octanol–water partition coefficient (Wildman–Crippen LogP) is 5.80. The highest BCUT2D eigenvalue weighted by atomic mass is 79.9. The van der Waals surface area contributed by atoms with Crippen molar-refractivity contribution in [3.8, 4) is 16.2 Å². The van der Waals surface area contributed by atoms with Crippen LogP contribution in [0.1, 0.15) is 33.6 Å². The summed E-state index contributed by atoms with van der Waals surface area (Å²) >= 11 is 4.65. The van der Waals surface area contributed by atoms with Gasteiger partial charge in [-0.1, -0.05) is 48.5 Å². The molecule has 0 unspecified atom stereocenters. The van der Waals surface area contributed by atoms with Crippen molar-refractivity contribution in [3.05, 3.63) is 99.6 Å². The minimum absolute atomic E-state index is 0.00166. The second-order valence-electron chi connectivity index (χ2n) is 10.2. The van der Waals surface area contributed by atoms with Crippen LogP contribution in [0.3, 0.4) is 0 Å². The smallest absolute Gasteiger partial charge is 0.352 e. The van der Waals surface area contributed by atoms with Gasteiger partial charge in [0.05, 0.1) is 15.1 Å². The van der Waals surface area contributed by atoms with Gasteiger partial charge in [-0.2, -0.15) is 0 Å². The van der Waals surface area contributed by atoms with Crippen LogP contribution in [-0.4, -0.2) is 60.5 Å². The van der Waals surface area contributed by atoms with Gasteiger partial charge in [-0.25, -0.2) is 22.3 Å². The number of halogens is 1. The molecule has 0 saturated carbocycles. The van der Waals surface area contributed by atoms with E-state index in [0.29, 0.717) is 40.8 Å². The second-order valence-corrected chi connectivity index (χ2v) is 13.9. The Bertz CT molecular complexity index is 1710. The average molecular weight is 701 g/mol. The van der Waals surface area contributed by atoms with Gasteiger partial charge in [-0.15, -0.1) is 11.3 Å². The average Bonchev–Trinajstić information content (AvgIpc) is 3.36. The van der Waals surface area contributed by atoms with Gasteiger partial charge < -0.3 is 19.9 Å². The molecule has 2 N–H and O–H groups in total. The van der Waals surface area contributed by atoms with Gasteiger partial charge in [0.2, 0.25) is 10.0 Å². The summed E-state index contributed by atoms with van der Waals surface area (Å²) < 4.78 is 38.9. The topological polar surface area (TPSA) is 135 Å². The molecule has 1 aliphatic rings. The standard InChI is InChI=1S/C31H30BrN3O7S2/c32-27-28(41-19-26(36)37)30(31(38)42-18-22-8-5-13-33-17-22)43-29(27)23-9-4-10-25(16-23)34-24-11-14-35(15-12-24)44(39,40)20-21-6-2-1-3-7-21/h1-10,13,16-17,24,34H,11-12,14-15,18-20H2,(H,36,37). The largest absolute Gasteiger partial charge is 0.479 e. The van der Waals surface area contributed by atoms with Crippen molar-refractivity contribution in [3.63, 3.8) is 0 Å². The van der Waals surface area contributed by atoms with Gasteiger partial charge in [0.1, 0.15) is 6.61 Å². The first kappa shape index (κ1) is 31.6. The molecule has 230 valence electrons. The minimum Gasteiger partial charge on any atom is -0.479 e. The van der Waals surface area contributed by atoms with Gasteiger partial charge in [0.25, 0.3) is 0 Å². The third-order valence-electron chi connectivity index (χ3n) is 6.96. The molecule has 13 heteroatoms. The highest BCUT2D eigenvalue weighted by Gasteiger charge is 2.29. The van der Waals surface area contributed by atoms with E-state index in [-0.39, 0.29) is 29.0 Å². The number of thiophene rings is 1. The normalized spacial score (nSPS) is 14.2. The Morgan fingerprint density at radius 2 is 1.80 bits per heavy atom. The maximum absolute atomic E-state index is 13.1. The number of nitrogens with one attached hydrogen (secondary N) is 1. The lowest BCUT2D eigenvalue weighted by Gasteiger charge is -2.32. The Balaban J connectivity index is 1.27. The molecule has 0 radical (unpaired) electrons. The van der Waals surface area contributed by atoms with Crippen LogP contribution in [-0.2, 0) is 31.9 Å². The van der Waals surface area contributed by atoms with Crippen molar-refractivity contribution in [2.24, 2.45) is 0 Å². The van der Waals surface area contributed by atoms with E-state index >= 15 is 0 Å². The number of aromatic nitrogens is 1. The highest BCUT2D eigenvalue weighted by Crippen LogP contribution is 2.46. The zero-order valence-corrected chi connectivity index (χ0v) is 26.7. The molecule has 0 aliphatic carbocycles. The van der Waals surface area contributed by atoms with Crippen LogP contribution in [0.25, 0.3) is 10.4 Å². The molecular formula is C31H30BrN3O7S2. The van der Waals surface area contributed by atoms with E-state index in [1.54, 1.807) is 28.8 Å². The van der Waals surface area contributed by atoms with Gasteiger partial charge in [0.15, 0.2) is 17.2 Å². The molecule has 0 bridgehead atoms. The molecule has 1 saturated heterocycles. The number of esters is 1. The lowest BCUT2D eigenvalue weighted by molar-refractivity contribution is -0.139. The number of rotatable bonds is 12. The third kappa shape index (κ3) is 8.03. The van der Waals surface area contributed by atoms with Crippen molar-refractivity contribution in [2.75, 3.05) is 25.0 Å². The number of anilines is 1. The number of carboxylic acids is 1. The van der Waals surface area contributed by atoms with Crippen LogP contribution in [0.5, 0.6) is 5.75 Å². The van der Waals surface area contributed by atoms with Crippen LogP contribution < -0.4 is 10.1 Å². The minimum atomic E-state index is -3.41. The predicted molar refractivity (Wildman–Crippen MR) is 171 cm³/mol. The van der Waals surface area contributed by atoms with E-state index in [2.05, 4.69) is 26.2 Å². The van der Waals surface area contributed by atoms with Gasteiger partial charge in [0, 0.05) is 42.8 Å². The first-order valence-electron chi connectivity index (χ1n) is 13.8. The van der Waals surface area contributed by atoms with E-state index in [0.717, 1.165) is 28.2 Å². The Morgan fingerprint density at radius 3 is 2.50 bits per heavy atom. The summed E-state index contributed by atoms with van der Waals surface area (Å²) in [6, 6.07) is 20.4. The van der Waals surface area contributed by atoms with Crippen molar-refractivity contribution >= 4 is 54.9 Å². The van der Waals surface area contributed by atoms with Crippen LogP contribution >= 0.6 is 27.3 Å². The summed E-state index contributed by atoms with van der Waals surface area (Å²) in [6.07, 6.45) is 4.52. The SMILES string of the molecule is O=C(O)COc1c(C(=O)OCc2cccnc2)sc(-c2cccc(NC3CCN(S(=O)(=O)Cc4ccccc4)CC3)c2)c1Br. The molecule has 10 nitrogen and oxygen atoms in total. The Hall–Kier alpha value is -3.78. The van der Waals surface area contributed by atoms with Crippen molar-refractivity contribution in [1.29, 1.82) is 0 Å². The van der Waals surface area contributed by atoms with Crippen molar-refractivity contribution in [2.45, 2.75) is 31.2 Å². The molecule has 0 amide bonds. The van der Waals surface area contributed by atoms with Crippen LogP contribution in [0.15, 0.2) is 83.6 Å². The zero-order valence-electron chi connectivity index (χ0n) is 23.5. The van der Waals surface area contributed by atoms with Crippen molar-refractivity contribution < 1.29 is 32.6 Å². The third-order valence-corrected chi connectivity index (χ3v) is 11.0. The number of piperidine rings is 1. The van der Waals surface area contributed by atoms with E-state index in [4.69, 9.17) is 9.47 Å². The first-order chi connectivity index (χ1) is 21.2. The fourth-order valence-electron chi connectivity index (χ4n) is 4.82. The molecule has 44 heavy (non-hydrogen) atoms. The molecule has 2 aromatic heterocycles. The van der Waals surface area contributed by atoms with Gasteiger partial charge >= 0.3 is 11.9 Å². The molecule has 0 spiro atoms. The number of hydrogen-bond donors (Lipinski definition) is 2. The summed E-state index contributed by atoms with van der Waals surface area (Å²) in [6.45, 7) is 0.232. The van der Waals surface area contributed by atoms with Crippen LogP contribution in [0, 0.1) is 0 Å². The quantitative estimate of drug-likeness (QED) is 0.176. The molecular weight excluding hydrogens is 670 g/mol. The van der Waals surface area contributed by atoms with Crippen LogP contribution in [0.2, 0.25) is 0 Å². The molecule has 0 atom stereocenters. The Kier molecular flexibility index (Phi) is 10.3. The number of aliphatic carboxylic acids is 1. The lowest BCUT2D eigenvalue weighted by Crippen LogP contribution is -2.42. The van der Waals surface area contributed by atoms with E-state index in [9.17, 15) is 23.1 Å². The second kappa shape index (κ2) is 14.3. The van der Waals surface area contributed by atoms with Crippen molar-refractivity contribution in [1.82, 2.24) is 9.29 Å². The Morgan fingerprint density at radius 1 is 1.05 bits per heavy atom. The summed E-state index contributed by atoms with van der Waals surface area (Å²) in [4.78, 5) is 29.1. The van der Waals surface area contributed by atoms with E-state index in [1.807, 2.05) is 54.6 Å². The first-order valence-corrected chi connectivity index (χ1v) is 17.0. The fourth-order valence-corrected chi connectivity index (χ4v) is 8.32. The summed E-state index contributed by atoms with van der Waals surface area (Å²) in [5.74, 6) is -1.73. The maximum Gasteiger partial charge on any atom is 0.352 e. The summed E-state index contributed by atoms with van der Waals surface area (Å²) in [5, 5.41) is 12.7. The number of pyridine rings is 1. The number of ether oxygens (including phenoxy) is 2.